The van der Waals surface area contributed by atoms with Gasteiger partial charge in [0.15, 0.2) is 0 Å². The van der Waals surface area contributed by atoms with Gasteiger partial charge in [-0.3, -0.25) is 4.90 Å². The van der Waals surface area contributed by atoms with Gasteiger partial charge in [0.2, 0.25) is 0 Å². The Morgan fingerprint density at radius 2 is 1.73 bits per heavy atom. The monoisotopic (exact) mass is 387 g/mol. The minimum absolute atomic E-state index is 0. The largest absolute Gasteiger partial charge is 0.316 e. The van der Waals surface area contributed by atoms with Crippen molar-refractivity contribution in [3.63, 3.8) is 0 Å². The molecule has 2 heterocycles. The van der Waals surface area contributed by atoms with Crippen molar-refractivity contribution in [3.8, 4) is 0 Å². The van der Waals surface area contributed by atoms with Crippen LogP contribution in [0, 0.1) is 5.92 Å². The highest BCUT2D eigenvalue weighted by molar-refractivity contribution is 9.10. The average molecular weight is 389 g/mol. The van der Waals surface area contributed by atoms with Gasteiger partial charge in [-0.1, -0.05) is 28.1 Å². The third-order valence-corrected chi connectivity index (χ3v) is 5.23. The van der Waals surface area contributed by atoms with Crippen LogP contribution in [-0.2, 0) is 6.54 Å². The first-order valence-corrected chi connectivity index (χ1v) is 8.99. The molecule has 1 atom stereocenters. The third-order valence-electron chi connectivity index (χ3n) is 4.70. The molecule has 1 aromatic rings. The van der Waals surface area contributed by atoms with Gasteiger partial charge in [-0.2, -0.15) is 0 Å². The van der Waals surface area contributed by atoms with Crippen LogP contribution in [0.3, 0.4) is 0 Å². The lowest BCUT2D eigenvalue weighted by Gasteiger charge is -2.37. The van der Waals surface area contributed by atoms with Crippen LogP contribution in [0.15, 0.2) is 28.7 Å². The summed E-state index contributed by atoms with van der Waals surface area (Å²) < 4.78 is 1.16. The molecule has 1 unspecified atom stereocenters. The second kappa shape index (κ2) is 9.24. The highest BCUT2D eigenvalue weighted by Crippen LogP contribution is 2.16. The number of hydrogen-bond donors (Lipinski definition) is 1. The first kappa shape index (κ1) is 18.2. The topological polar surface area (TPSA) is 18.5 Å². The summed E-state index contributed by atoms with van der Waals surface area (Å²) >= 11 is 3.50. The zero-order valence-electron chi connectivity index (χ0n) is 13.1. The Labute approximate surface area is 149 Å². The van der Waals surface area contributed by atoms with Crippen molar-refractivity contribution in [1.29, 1.82) is 0 Å². The number of hydrogen-bond acceptors (Lipinski definition) is 3. The number of halogens is 2. The molecule has 0 saturated carbocycles. The van der Waals surface area contributed by atoms with Crippen LogP contribution in [0.1, 0.15) is 18.4 Å². The van der Waals surface area contributed by atoms with Gasteiger partial charge < -0.3 is 10.2 Å². The summed E-state index contributed by atoms with van der Waals surface area (Å²) in [6, 6.07) is 8.73. The number of piperazine rings is 1. The molecular formula is C17H27BrClN3. The van der Waals surface area contributed by atoms with Crippen LogP contribution >= 0.6 is 28.3 Å². The molecule has 0 aliphatic carbocycles. The zero-order valence-corrected chi connectivity index (χ0v) is 15.5. The average Bonchev–Trinajstić information content (AvgIpc) is 2.53. The summed E-state index contributed by atoms with van der Waals surface area (Å²) in [4.78, 5) is 5.24. The van der Waals surface area contributed by atoms with E-state index in [0.29, 0.717) is 0 Å². The molecule has 1 N–H and O–H groups in total. The summed E-state index contributed by atoms with van der Waals surface area (Å²) in [6.45, 7) is 9.69. The maximum Gasteiger partial charge on any atom is 0.0234 e. The van der Waals surface area contributed by atoms with Crippen molar-refractivity contribution in [2.45, 2.75) is 19.4 Å². The molecular weight excluding hydrogens is 362 g/mol. The van der Waals surface area contributed by atoms with Crippen molar-refractivity contribution in [2.24, 2.45) is 5.92 Å². The number of piperidine rings is 1. The highest BCUT2D eigenvalue weighted by Gasteiger charge is 2.21. The van der Waals surface area contributed by atoms with Crippen LogP contribution in [0.25, 0.3) is 0 Å². The number of nitrogens with one attached hydrogen (secondary N) is 1. The van der Waals surface area contributed by atoms with E-state index >= 15 is 0 Å². The molecule has 3 nitrogen and oxygen atoms in total. The van der Waals surface area contributed by atoms with Crippen molar-refractivity contribution in [1.82, 2.24) is 15.1 Å². The van der Waals surface area contributed by atoms with Gasteiger partial charge in [-0.05, 0) is 49.5 Å². The predicted octanol–water partition coefficient (Wildman–Crippen LogP) is 2.99. The van der Waals surface area contributed by atoms with E-state index in [-0.39, 0.29) is 12.4 Å². The standard InChI is InChI=1S/C17H26BrN3.ClH/c18-17-5-3-15(4-6-17)13-20-8-10-21(11-9-20)14-16-2-1-7-19-12-16;/h3-6,16,19H,1-2,7-14H2;1H. The normalized spacial score (nSPS) is 24.0. The lowest BCUT2D eigenvalue weighted by molar-refractivity contribution is 0.108. The SMILES string of the molecule is Brc1ccc(CN2CCN(CC3CCCNC3)CC2)cc1.Cl. The van der Waals surface area contributed by atoms with Gasteiger partial charge in [0.1, 0.15) is 0 Å². The lowest BCUT2D eigenvalue weighted by Crippen LogP contribution is -2.48. The third kappa shape index (κ3) is 5.50. The Hall–Kier alpha value is -0.130. The molecule has 2 fully saturated rings. The minimum atomic E-state index is 0. The van der Waals surface area contributed by atoms with Crippen LogP contribution in [0.5, 0.6) is 0 Å². The first-order chi connectivity index (χ1) is 10.3. The molecule has 0 aromatic heterocycles. The molecule has 124 valence electrons. The number of rotatable bonds is 4. The van der Waals surface area contributed by atoms with Crippen molar-refractivity contribution in [2.75, 3.05) is 45.8 Å². The predicted molar refractivity (Wildman–Crippen MR) is 98.7 cm³/mol. The molecule has 0 amide bonds. The molecule has 3 rings (SSSR count). The summed E-state index contributed by atoms with van der Waals surface area (Å²) in [7, 11) is 0. The van der Waals surface area contributed by atoms with Gasteiger partial charge in [0.05, 0.1) is 0 Å². The lowest BCUT2D eigenvalue weighted by atomic mass is 9.99. The van der Waals surface area contributed by atoms with Crippen molar-refractivity contribution in [3.05, 3.63) is 34.3 Å². The minimum Gasteiger partial charge on any atom is -0.316 e. The van der Waals surface area contributed by atoms with Gasteiger partial charge in [-0.15, -0.1) is 12.4 Å². The highest BCUT2D eigenvalue weighted by atomic mass is 79.9. The molecule has 2 saturated heterocycles. The Bertz CT molecular complexity index is 426. The van der Waals surface area contributed by atoms with E-state index in [1.807, 2.05) is 0 Å². The molecule has 5 heteroatoms. The summed E-state index contributed by atoms with van der Waals surface area (Å²) in [5, 5.41) is 3.53. The van der Waals surface area contributed by atoms with Gasteiger partial charge in [0.25, 0.3) is 0 Å². The molecule has 1 aromatic carbocycles. The molecule has 22 heavy (non-hydrogen) atoms. The summed E-state index contributed by atoms with van der Waals surface area (Å²) in [5.41, 5.74) is 1.42. The van der Waals surface area contributed by atoms with Crippen molar-refractivity contribution < 1.29 is 0 Å². The van der Waals surface area contributed by atoms with Gasteiger partial charge in [0, 0.05) is 43.7 Å². The maximum absolute atomic E-state index is 3.53. The van der Waals surface area contributed by atoms with Crippen LogP contribution in [0.2, 0.25) is 0 Å². The Morgan fingerprint density at radius 1 is 1.05 bits per heavy atom. The zero-order chi connectivity index (χ0) is 14.5. The maximum atomic E-state index is 3.53. The fourth-order valence-corrected chi connectivity index (χ4v) is 3.69. The quantitative estimate of drug-likeness (QED) is 0.855. The smallest absolute Gasteiger partial charge is 0.0234 e. The fourth-order valence-electron chi connectivity index (χ4n) is 3.42. The van der Waals surface area contributed by atoms with Crippen molar-refractivity contribution >= 4 is 28.3 Å². The second-order valence-electron chi connectivity index (χ2n) is 6.42. The Kier molecular flexibility index (Phi) is 7.65. The Morgan fingerprint density at radius 3 is 2.36 bits per heavy atom. The van der Waals surface area contributed by atoms with E-state index in [2.05, 4.69) is 55.3 Å². The summed E-state index contributed by atoms with van der Waals surface area (Å²) in [6.07, 6.45) is 2.76. The van der Waals surface area contributed by atoms with Gasteiger partial charge >= 0.3 is 0 Å². The fraction of sp³-hybridized carbons (Fsp3) is 0.647. The molecule has 2 aliphatic heterocycles. The molecule has 2 aliphatic rings. The van der Waals surface area contributed by atoms with Crippen LogP contribution in [0.4, 0.5) is 0 Å². The number of nitrogens with zero attached hydrogens (tertiary/aromatic N) is 2. The second-order valence-corrected chi connectivity index (χ2v) is 7.33. The van der Waals surface area contributed by atoms with E-state index in [0.717, 1.165) is 16.9 Å². The Balaban J connectivity index is 0.00000176. The van der Waals surface area contributed by atoms with Crippen LogP contribution < -0.4 is 5.32 Å². The van der Waals surface area contributed by atoms with E-state index in [4.69, 9.17) is 0 Å². The molecule has 0 radical (unpaired) electrons. The number of benzene rings is 1. The van der Waals surface area contributed by atoms with E-state index in [1.165, 1.54) is 64.2 Å². The molecule has 0 spiro atoms. The first-order valence-electron chi connectivity index (χ1n) is 8.19. The van der Waals surface area contributed by atoms with Gasteiger partial charge in [-0.25, -0.2) is 0 Å². The van der Waals surface area contributed by atoms with E-state index in [9.17, 15) is 0 Å². The van der Waals surface area contributed by atoms with E-state index < -0.39 is 0 Å². The van der Waals surface area contributed by atoms with E-state index in [1.54, 1.807) is 0 Å². The molecule has 0 bridgehead atoms. The summed E-state index contributed by atoms with van der Waals surface area (Å²) in [5.74, 6) is 0.872. The van der Waals surface area contributed by atoms with Crippen LogP contribution in [-0.4, -0.2) is 55.6 Å².